The average molecular weight is 646 g/mol. The quantitative estimate of drug-likeness (QED) is 0.0383. The van der Waals surface area contributed by atoms with Crippen molar-refractivity contribution in [3.63, 3.8) is 0 Å². The minimum Gasteiger partial charge on any atom is -0.393 e. The molecule has 0 aromatic rings. The highest BCUT2D eigenvalue weighted by molar-refractivity contribution is 5.75. The van der Waals surface area contributed by atoms with Crippen molar-refractivity contribution in [1.29, 1.82) is 10.8 Å². The molecule has 3 saturated carbocycles. The van der Waals surface area contributed by atoms with Crippen molar-refractivity contribution >= 4 is 11.9 Å². The Balaban J connectivity index is 0.000000280. The highest BCUT2D eigenvalue weighted by Gasteiger charge is 2.59. The lowest BCUT2D eigenvalue weighted by atomic mass is 9.47. The largest absolute Gasteiger partial charge is 0.393 e. The number of unbranched alkanes of at least 4 members (excludes halogenated alkanes) is 1. The third-order valence-electron chi connectivity index (χ3n) is 12.3. The molecule has 0 amide bonds. The Morgan fingerprint density at radius 3 is 2.28 bits per heavy atom. The monoisotopic (exact) mass is 646 g/mol. The van der Waals surface area contributed by atoms with Crippen molar-refractivity contribution in [2.75, 3.05) is 26.2 Å². The zero-order valence-electron chi connectivity index (χ0n) is 30.0. The predicted octanol–water partition coefficient (Wildman–Crippen LogP) is 5.19. The number of nitrogens with one attached hydrogen (secondary N) is 5. The fourth-order valence-corrected chi connectivity index (χ4v) is 9.97. The van der Waals surface area contributed by atoms with Crippen molar-refractivity contribution in [2.45, 2.75) is 131 Å². The predicted molar refractivity (Wildman–Crippen MR) is 192 cm³/mol. The van der Waals surface area contributed by atoms with E-state index in [2.05, 4.69) is 56.9 Å². The molecule has 0 bridgehead atoms. The topological polar surface area (TPSA) is 185 Å². The first-order chi connectivity index (χ1) is 21.8. The smallest absolute Gasteiger partial charge is 0.202 e. The van der Waals surface area contributed by atoms with Gasteiger partial charge in [-0.05, 0) is 137 Å². The average Bonchev–Trinajstić information content (AvgIpc) is 3.34. The number of aliphatic hydroxyl groups excluding tert-OH is 1. The number of rotatable bonds is 15. The van der Waals surface area contributed by atoms with Crippen LogP contribution in [0.5, 0.6) is 0 Å². The first-order valence-corrected chi connectivity index (χ1v) is 18.6. The summed E-state index contributed by atoms with van der Waals surface area (Å²) in [6, 6.07) is 0. The number of nitrogens with two attached hydrogens (primary N) is 3. The SMILES string of the molecule is CC(C)CCCC(C)[C@H]1CC[C@H]2[C@@H]3CC=C4C[C@@H](O)CC[C@]4(C)[C@H]3CC[C@]12C.N=C(N)NN(CCCCNCCCN)NC(=N)N. The van der Waals surface area contributed by atoms with Gasteiger partial charge in [0.05, 0.1) is 6.10 Å². The van der Waals surface area contributed by atoms with E-state index in [9.17, 15) is 5.11 Å². The lowest BCUT2D eigenvalue weighted by Crippen LogP contribution is -2.56. The van der Waals surface area contributed by atoms with Crippen molar-refractivity contribution < 1.29 is 5.11 Å². The highest BCUT2D eigenvalue weighted by atomic mass is 16.3. The summed E-state index contributed by atoms with van der Waals surface area (Å²) < 4.78 is 0. The van der Waals surface area contributed by atoms with Crippen LogP contribution in [0.4, 0.5) is 0 Å². The number of hydrazine groups is 2. The molecule has 0 aromatic carbocycles. The molecule has 0 saturated heterocycles. The molecule has 0 aliphatic heterocycles. The summed E-state index contributed by atoms with van der Waals surface area (Å²) in [7, 11) is 0. The van der Waals surface area contributed by atoms with Gasteiger partial charge in [0, 0.05) is 6.54 Å². The Morgan fingerprint density at radius 2 is 1.63 bits per heavy atom. The van der Waals surface area contributed by atoms with Gasteiger partial charge >= 0.3 is 0 Å². The Labute approximate surface area is 280 Å². The van der Waals surface area contributed by atoms with Crippen LogP contribution in [-0.4, -0.2) is 54.4 Å². The first-order valence-electron chi connectivity index (χ1n) is 18.6. The van der Waals surface area contributed by atoms with Crippen LogP contribution in [0, 0.1) is 57.2 Å². The molecule has 0 aromatic heterocycles. The Kier molecular flexibility index (Phi) is 15.1. The Bertz CT molecular complexity index is 973. The van der Waals surface area contributed by atoms with E-state index in [0.29, 0.717) is 23.9 Å². The normalized spacial score (nSPS) is 32.4. The minimum atomic E-state index is -0.204. The van der Waals surface area contributed by atoms with Crippen LogP contribution in [0.25, 0.3) is 0 Å². The number of hydrogen-bond acceptors (Lipinski definition) is 6. The van der Waals surface area contributed by atoms with Gasteiger partial charge in [0.2, 0.25) is 11.9 Å². The van der Waals surface area contributed by atoms with E-state index in [-0.39, 0.29) is 18.0 Å². The maximum absolute atomic E-state index is 10.2. The summed E-state index contributed by atoms with van der Waals surface area (Å²) in [6.07, 6.45) is 20.0. The number of hydrogen-bond donors (Lipinski definition) is 9. The molecule has 0 radical (unpaired) electrons. The second kappa shape index (κ2) is 18.0. The lowest BCUT2D eigenvalue weighted by Gasteiger charge is -2.58. The number of fused-ring (bicyclic) bond motifs is 5. The van der Waals surface area contributed by atoms with E-state index in [1.165, 1.54) is 62.9 Å². The second-order valence-electron chi connectivity index (χ2n) is 16.0. The number of nitrogens with zero attached hydrogens (tertiary/aromatic N) is 1. The van der Waals surface area contributed by atoms with Crippen LogP contribution in [0.2, 0.25) is 0 Å². The van der Waals surface area contributed by atoms with E-state index in [4.69, 9.17) is 28.0 Å². The minimum absolute atomic E-state index is 0.0766. The maximum atomic E-state index is 10.2. The first kappa shape index (κ1) is 38.6. The third-order valence-corrected chi connectivity index (χ3v) is 12.3. The Morgan fingerprint density at radius 1 is 0.935 bits per heavy atom. The summed E-state index contributed by atoms with van der Waals surface area (Å²) in [5.41, 5.74) is 23.5. The van der Waals surface area contributed by atoms with Gasteiger partial charge < -0.3 is 27.6 Å². The van der Waals surface area contributed by atoms with Gasteiger partial charge in [0.15, 0.2) is 0 Å². The lowest BCUT2D eigenvalue weighted by molar-refractivity contribution is -0.0573. The van der Waals surface area contributed by atoms with E-state index in [1.54, 1.807) is 5.57 Å². The van der Waals surface area contributed by atoms with Crippen LogP contribution in [0.3, 0.4) is 0 Å². The van der Waals surface area contributed by atoms with Crippen LogP contribution >= 0.6 is 0 Å². The summed E-state index contributed by atoms with van der Waals surface area (Å²) in [5.74, 6) is 5.05. The fourth-order valence-electron chi connectivity index (χ4n) is 9.97. The van der Waals surface area contributed by atoms with Gasteiger partial charge in [0.25, 0.3) is 0 Å². The summed E-state index contributed by atoms with van der Waals surface area (Å²) >= 11 is 0. The number of guanidine groups is 2. The third kappa shape index (κ3) is 10.3. The van der Waals surface area contributed by atoms with Crippen LogP contribution in [-0.2, 0) is 0 Å². The van der Waals surface area contributed by atoms with Crippen LogP contribution in [0.15, 0.2) is 11.6 Å². The van der Waals surface area contributed by atoms with Crippen LogP contribution < -0.4 is 33.4 Å². The second-order valence-corrected chi connectivity index (χ2v) is 16.0. The molecule has 46 heavy (non-hydrogen) atoms. The van der Waals surface area contributed by atoms with Gasteiger partial charge in [-0.25, -0.2) is 0 Å². The summed E-state index contributed by atoms with van der Waals surface area (Å²) in [4.78, 5) is 0. The van der Waals surface area contributed by atoms with Gasteiger partial charge in [-0.15, -0.1) is 5.12 Å². The van der Waals surface area contributed by atoms with Gasteiger partial charge in [-0.1, -0.05) is 65.5 Å². The number of aliphatic hydroxyl groups is 1. The van der Waals surface area contributed by atoms with Crippen molar-refractivity contribution in [3.8, 4) is 0 Å². The number of allylic oxidation sites excluding steroid dienone is 1. The molecule has 10 heteroatoms. The van der Waals surface area contributed by atoms with E-state index in [1.807, 2.05) is 0 Å². The molecule has 4 aliphatic carbocycles. The molecule has 4 aliphatic rings. The van der Waals surface area contributed by atoms with E-state index in [0.717, 1.165) is 80.7 Å². The van der Waals surface area contributed by atoms with Gasteiger partial charge in [-0.3, -0.25) is 21.7 Å². The molecule has 0 spiro atoms. The van der Waals surface area contributed by atoms with Crippen molar-refractivity contribution in [1.82, 2.24) is 21.3 Å². The van der Waals surface area contributed by atoms with Crippen molar-refractivity contribution in [2.24, 2.45) is 63.5 Å². The van der Waals surface area contributed by atoms with Crippen molar-refractivity contribution in [3.05, 3.63) is 11.6 Å². The summed E-state index contributed by atoms with van der Waals surface area (Å²) in [6.45, 7) is 15.7. The zero-order valence-corrected chi connectivity index (χ0v) is 30.0. The molecule has 266 valence electrons. The highest BCUT2D eigenvalue weighted by Crippen LogP contribution is 2.67. The molecule has 12 N–H and O–H groups in total. The standard InChI is InChI=1S/C27H46O.C9H25N9/c1-18(2)7-6-8-19(3)23-11-12-24-22-10-9-20-17-21(28)13-15-26(20,4)25(22)14-16-27(23,24)5;10-4-3-6-15-5-1-2-7-18(16-8(11)12)17-9(13)14/h9,18-19,21-25,28H,6-8,10-17H2,1-5H3;15H,1-7,10H2,(H4,11,12,16)(H4,13,14,17)/t19?,21-,22-,23+,24-,25-,26-,27+;/m0./s1. The Hall–Kier alpha value is -1.88. The molecule has 3 fully saturated rings. The zero-order chi connectivity index (χ0) is 33.9. The molecular weight excluding hydrogens is 574 g/mol. The van der Waals surface area contributed by atoms with Crippen LogP contribution in [0.1, 0.15) is 125 Å². The molecule has 8 atom stereocenters. The molecule has 0 heterocycles. The summed E-state index contributed by atoms with van der Waals surface area (Å²) in [5, 5.41) is 29.1. The molecule has 1 unspecified atom stereocenters. The molecular formula is C36H71N9O. The van der Waals surface area contributed by atoms with E-state index < -0.39 is 0 Å². The molecule has 4 rings (SSSR count). The van der Waals surface area contributed by atoms with Gasteiger partial charge in [-0.2, -0.15) is 0 Å². The maximum Gasteiger partial charge on any atom is 0.202 e. The fraction of sp³-hybridized carbons (Fsp3) is 0.889. The van der Waals surface area contributed by atoms with E-state index >= 15 is 0 Å². The molecule has 10 nitrogen and oxygen atoms in total. The van der Waals surface area contributed by atoms with Gasteiger partial charge in [0.1, 0.15) is 0 Å².